The lowest BCUT2D eigenvalue weighted by Gasteiger charge is -2.09. The van der Waals surface area contributed by atoms with Crippen LogP contribution in [0.5, 0.6) is 0 Å². The van der Waals surface area contributed by atoms with Gasteiger partial charge in [-0.15, -0.1) is 0 Å². The molecule has 0 aliphatic carbocycles. The summed E-state index contributed by atoms with van der Waals surface area (Å²) in [5.74, 6) is -0.241. The average Bonchev–Trinajstić information content (AvgIpc) is 2.38. The van der Waals surface area contributed by atoms with E-state index in [0.29, 0.717) is 10.7 Å². The summed E-state index contributed by atoms with van der Waals surface area (Å²) in [5, 5.41) is 3.42. The van der Waals surface area contributed by atoms with Crippen LogP contribution in [-0.4, -0.2) is 10.9 Å². The Bertz CT molecular complexity index is 646. The van der Waals surface area contributed by atoms with Crippen molar-refractivity contribution in [3.05, 3.63) is 51.1 Å². The van der Waals surface area contributed by atoms with Gasteiger partial charge in [0.25, 0.3) is 5.91 Å². The Kier molecular flexibility index (Phi) is 4.14. The van der Waals surface area contributed by atoms with E-state index in [1.807, 2.05) is 0 Å². The maximum Gasteiger partial charge on any atom is 0.257 e. The predicted molar refractivity (Wildman–Crippen MR) is 78.1 cm³/mol. The third-order valence-corrected chi connectivity index (χ3v) is 3.44. The number of nitrogen functional groups attached to an aromatic ring is 1. The summed E-state index contributed by atoms with van der Waals surface area (Å²) < 4.78 is 0. The number of benzene rings is 1. The number of hydrogen-bond acceptors (Lipinski definition) is 3. The lowest BCUT2D eigenvalue weighted by molar-refractivity contribution is 0.102. The van der Waals surface area contributed by atoms with Crippen LogP contribution >= 0.6 is 34.8 Å². The van der Waals surface area contributed by atoms with Gasteiger partial charge in [-0.05, 0) is 18.2 Å². The largest absolute Gasteiger partial charge is 0.384 e. The molecule has 1 heterocycles. The molecule has 0 unspecified atom stereocenters. The van der Waals surface area contributed by atoms with Crippen LogP contribution < -0.4 is 11.1 Å². The molecule has 0 saturated carbocycles. The number of nitrogens with zero attached hydrogens (tertiary/aromatic N) is 1. The standard InChI is InChI=1S/C12H8Cl3N3O/c13-7-2-1-3-9(11(7)15)18-12(19)6-4-10(16)17-5-8(6)14/h1-5H,(H2,16,17)(H,18,19). The number of nitrogens with two attached hydrogens (primary N) is 1. The predicted octanol–water partition coefficient (Wildman–Crippen LogP) is 3.88. The monoisotopic (exact) mass is 315 g/mol. The van der Waals surface area contributed by atoms with Crippen LogP contribution in [0.3, 0.4) is 0 Å². The first-order chi connectivity index (χ1) is 8.99. The van der Waals surface area contributed by atoms with Crippen molar-refractivity contribution in [2.24, 2.45) is 0 Å². The van der Waals surface area contributed by atoms with Crippen LogP contribution in [0.1, 0.15) is 10.4 Å². The normalized spacial score (nSPS) is 10.3. The van der Waals surface area contributed by atoms with Gasteiger partial charge in [0.1, 0.15) is 5.82 Å². The van der Waals surface area contributed by atoms with E-state index in [2.05, 4.69) is 10.3 Å². The average molecular weight is 317 g/mol. The molecule has 0 saturated heterocycles. The highest BCUT2D eigenvalue weighted by Crippen LogP contribution is 2.30. The second-order valence-electron chi connectivity index (χ2n) is 3.64. The number of halogens is 3. The summed E-state index contributed by atoms with van der Waals surface area (Å²) in [6.45, 7) is 0. The minimum atomic E-state index is -0.441. The zero-order chi connectivity index (χ0) is 14.0. The van der Waals surface area contributed by atoms with Crippen molar-refractivity contribution >= 4 is 52.2 Å². The Morgan fingerprint density at radius 1 is 1.21 bits per heavy atom. The van der Waals surface area contributed by atoms with Crippen molar-refractivity contribution in [2.75, 3.05) is 11.1 Å². The van der Waals surface area contributed by atoms with Gasteiger partial charge in [0, 0.05) is 6.20 Å². The first-order valence-electron chi connectivity index (χ1n) is 5.15. The minimum absolute atomic E-state index is 0.199. The first-order valence-corrected chi connectivity index (χ1v) is 6.29. The molecule has 0 fully saturated rings. The van der Waals surface area contributed by atoms with Crippen LogP contribution in [0, 0.1) is 0 Å². The van der Waals surface area contributed by atoms with Crippen LogP contribution in [-0.2, 0) is 0 Å². The van der Waals surface area contributed by atoms with Crippen molar-refractivity contribution in [3.8, 4) is 0 Å². The maximum absolute atomic E-state index is 12.1. The van der Waals surface area contributed by atoms with Crippen LogP contribution in [0.2, 0.25) is 15.1 Å². The van der Waals surface area contributed by atoms with Gasteiger partial charge in [-0.1, -0.05) is 40.9 Å². The minimum Gasteiger partial charge on any atom is -0.384 e. The number of rotatable bonds is 2. The van der Waals surface area contributed by atoms with Gasteiger partial charge in [-0.2, -0.15) is 0 Å². The van der Waals surface area contributed by atoms with E-state index >= 15 is 0 Å². The molecule has 0 atom stereocenters. The quantitative estimate of drug-likeness (QED) is 0.883. The highest BCUT2D eigenvalue weighted by Gasteiger charge is 2.14. The molecule has 7 heteroatoms. The molecule has 98 valence electrons. The molecule has 0 aliphatic rings. The Labute approximate surface area is 124 Å². The highest BCUT2D eigenvalue weighted by atomic mass is 35.5. The summed E-state index contributed by atoms with van der Waals surface area (Å²) in [7, 11) is 0. The number of carbonyl (C=O) groups excluding carboxylic acids is 1. The van der Waals surface area contributed by atoms with Gasteiger partial charge in [-0.3, -0.25) is 4.79 Å². The van der Waals surface area contributed by atoms with E-state index in [1.54, 1.807) is 18.2 Å². The van der Waals surface area contributed by atoms with E-state index in [4.69, 9.17) is 40.5 Å². The van der Waals surface area contributed by atoms with E-state index in [0.717, 1.165) is 0 Å². The molecule has 0 bridgehead atoms. The summed E-state index contributed by atoms with van der Waals surface area (Å²) in [6, 6.07) is 6.31. The van der Waals surface area contributed by atoms with Gasteiger partial charge in [-0.25, -0.2) is 4.98 Å². The molecule has 2 rings (SSSR count). The fraction of sp³-hybridized carbons (Fsp3) is 0. The van der Waals surface area contributed by atoms with Gasteiger partial charge < -0.3 is 11.1 Å². The number of hydrogen-bond donors (Lipinski definition) is 2. The van der Waals surface area contributed by atoms with Crippen molar-refractivity contribution in [3.63, 3.8) is 0 Å². The van der Waals surface area contributed by atoms with Gasteiger partial charge in [0.2, 0.25) is 0 Å². The van der Waals surface area contributed by atoms with Gasteiger partial charge in [0.05, 0.1) is 26.3 Å². The lowest BCUT2D eigenvalue weighted by atomic mass is 10.2. The highest BCUT2D eigenvalue weighted by molar-refractivity contribution is 6.44. The third kappa shape index (κ3) is 3.10. The van der Waals surface area contributed by atoms with E-state index in [1.165, 1.54) is 12.3 Å². The fourth-order valence-electron chi connectivity index (χ4n) is 1.42. The molecule has 1 aromatic heterocycles. The second-order valence-corrected chi connectivity index (χ2v) is 4.84. The maximum atomic E-state index is 12.1. The summed E-state index contributed by atoms with van der Waals surface area (Å²) in [4.78, 5) is 15.8. The first kappa shape index (κ1) is 13.9. The van der Waals surface area contributed by atoms with Gasteiger partial charge in [0.15, 0.2) is 0 Å². The summed E-state index contributed by atoms with van der Waals surface area (Å²) >= 11 is 17.7. The number of nitrogens with one attached hydrogen (secondary N) is 1. The Morgan fingerprint density at radius 3 is 2.68 bits per heavy atom. The molecule has 19 heavy (non-hydrogen) atoms. The lowest BCUT2D eigenvalue weighted by Crippen LogP contribution is -2.13. The Morgan fingerprint density at radius 2 is 1.95 bits per heavy atom. The van der Waals surface area contributed by atoms with Crippen molar-refractivity contribution in [2.45, 2.75) is 0 Å². The second kappa shape index (κ2) is 5.65. The number of amides is 1. The zero-order valence-electron chi connectivity index (χ0n) is 9.45. The molecule has 1 aromatic carbocycles. The molecule has 4 nitrogen and oxygen atoms in total. The SMILES string of the molecule is Nc1cc(C(=O)Nc2cccc(Cl)c2Cl)c(Cl)cn1. The molecule has 1 amide bonds. The van der Waals surface area contributed by atoms with Crippen LogP contribution in [0.25, 0.3) is 0 Å². The van der Waals surface area contributed by atoms with E-state index < -0.39 is 5.91 Å². The zero-order valence-corrected chi connectivity index (χ0v) is 11.7. The molecule has 0 spiro atoms. The number of aromatic nitrogens is 1. The van der Waals surface area contributed by atoms with E-state index in [9.17, 15) is 4.79 Å². The molecular formula is C12H8Cl3N3O. The number of anilines is 2. The molecule has 2 aromatic rings. The number of pyridine rings is 1. The summed E-state index contributed by atoms with van der Waals surface area (Å²) in [5.41, 5.74) is 6.12. The molecule has 0 aliphatic heterocycles. The summed E-state index contributed by atoms with van der Waals surface area (Å²) in [6.07, 6.45) is 1.31. The van der Waals surface area contributed by atoms with Crippen molar-refractivity contribution < 1.29 is 4.79 Å². The Hall–Kier alpha value is -1.49. The van der Waals surface area contributed by atoms with Crippen LogP contribution in [0.4, 0.5) is 11.5 Å². The molecular weight excluding hydrogens is 309 g/mol. The number of carbonyl (C=O) groups is 1. The van der Waals surface area contributed by atoms with Crippen molar-refractivity contribution in [1.82, 2.24) is 4.98 Å². The smallest absolute Gasteiger partial charge is 0.257 e. The van der Waals surface area contributed by atoms with E-state index in [-0.39, 0.29) is 21.4 Å². The topological polar surface area (TPSA) is 68.0 Å². The fourth-order valence-corrected chi connectivity index (χ4v) is 1.96. The van der Waals surface area contributed by atoms with Crippen molar-refractivity contribution in [1.29, 1.82) is 0 Å². The Balaban J connectivity index is 2.31. The molecule has 0 radical (unpaired) electrons. The van der Waals surface area contributed by atoms with Gasteiger partial charge >= 0.3 is 0 Å². The van der Waals surface area contributed by atoms with Crippen LogP contribution in [0.15, 0.2) is 30.5 Å². The third-order valence-electron chi connectivity index (χ3n) is 2.32. The molecule has 3 N–H and O–H groups in total.